The molecule has 19 heavy (non-hydrogen) atoms. The van der Waals surface area contributed by atoms with Crippen molar-refractivity contribution < 1.29 is 16.8 Å². The minimum absolute atomic E-state index is 0.107. The van der Waals surface area contributed by atoms with E-state index in [-0.39, 0.29) is 15.8 Å². The first-order chi connectivity index (χ1) is 8.73. The molecule has 1 heterocycles. The van der Waals surface area contributed by atoms with Crippen LogP contribution in [0.3, 0.4) is 0 Å². The van der Waals surface area contributed by atoms with Gasteiger partial charge < -0.3 is 0 Å². The molecule has 1 fully saturated rings. The lowest BCUT2D eigenvalue weighted by Crippen LogP contribution is -2.33. The van der Waals surface area contributed by atoms with Crippen LogP contribution in [0.2, 0.25) is 0 Å². The van der Waals surface area contributed by atoms with Crippen LogP contribution in [0.4, 0.5) is 0 Å². The Morgan fingerprint density at radius 1 is 1.11 bits per heavy atom. The first-order valence-corrected chi connectivity index (χ1v) is 9.21. The molecule has 105 valence electrons. The highest BCUT2D eigenvalue weighted by molar-refractivity contribution is 7.90. The normalized spacial score (nSPS) is 21.7. The maximum atomic E-state index is 12.3. The van der Waals surface area contributed by atoms with E-state index in [4.69, 9.17) is 0 Å². The third-order valence-electron chi connectivity index (χ3n) is 3.18. The minimum Gasteiger partial charge on any atom is -0.224 e. The minimum atomic E-state index is -3.57. The second kappa shape index (κ2) is 4.88. The van der Waals surface area contributed by atoms with Crippen LogP contribution in [-0.2, 0) is 19.9 Å². The topological polar surface area (TPSA) is 71.5 Å². The van der Waals surface area contributed by atoms with E-state index in [0.29, 0.717) is 6.54 Å². The van der Waals surface area contributed by atoms with Crippen LogP contribution in [0.5, 0.6) is 0 Å². The zero-order chi connectivity index (χ0) is 14.3. The Kier molecular flexibility index (Phi) is 3.72. The molecule has 0 spiro atoms. The predicted molar refractivity (Wildman–Crippen MR) is 71.8 cm³/mol. The summed E-state index contributed by atoms with van der Waals surface area (Å²) < 4.78 is 48.7. The summed E-state index contributed by atoms with van der Waals surface area (Å²) in [6.07, 6.45) is 2.64. The van der Waals surface area contributed by atoms with Crippen molar-refractivity contribution in [2.45, 2.75) is 28.7 Å². The van der Waals surface area contributed by atoms with Crippen LogP contribution < -0.4 is 0 Å². The molecular formula is C12H16NO4S2. The highest BCUT2D eigenvalue weighted by Crippen LogP contribution is 2.26. The lowest BCUT2D eigenvalue weighted by molar-refractivity contribution is 0.430. The number of rotatable bonds is 3. The number of benzene rings is 1. The van der Waals surface area contributed by atoms with Gasteiger partial charge in [-0.1, -0.05) is 0 Å². The van der Waals surface area contributed by atoms with E-state index in [1.54, 1.807) is 0 Å². The van der Waals surface area contributed by atoms with Gasteiger partial charge in [-0.15, -0.1) is 0 Å². The molecule has 1 aliphatic rings. The van der Waals surface area contributed by atoms with Gasteiger partial charge in [0.15, 0.2) is 9.84 Å². The number of sulfone groups is 1. The molecule has 0 aromatic heterocycles. The maximum absolute atomic E-state index is 12.3. The van der Waals surface area contributed by atoms with Gasteiger partial charge in [0.05, 0.1) is 9.79 Å². The molecule has 0 aliphatic carbocycles. The summed E-state index contributed by atoms with van der Waals surface area (Å²) in [5.74, 6) is 0. The highest BCUT2D eigenvalue weighted by Gasteiger charge is 2.32. The molecule has 1 aromatic carbocycles. The van der Waals surface area contributed by atoms with E-state index < -0.39 is 19.9 Å². The van der Waals surface area contributed by atoms with Gasteiger partial charge in [0.25, 0.3) is 0 Å². The maximum Gasteiger partial charge on any atom is 0.243 e. The summed E-state index contributed by atoms with van der Waals surface area (Å²) in [6.45, 7) is 4.28. The summed E-state index contributed by atoms with van der Waals surface area (Å²) in [5, 5.41) is 0. The number of hydrogen-bond acceptors (Lipinski definition) is 4. The molecule has 0 saturated carbocycles. The summed E-state index contributed by atoms with van der Waals surface area (Å²) in [4.78, 5) is 0.217. The smallest absolute Gasteiger partial charge is 0.224 e. The van der Waals surface area contributed by atoms with Crippen molar-refractivity contribution in [1.29, 1.82) is 0 Å². The molecule has 0 N–H and O–H groups in total. The molecule has 1 aromatic rings. The fourth-order valence-corrected chi connectivity index (χ4v) is 4.37. The largest absolute Gasteiger partial charge is 0.243 e. The van der Waals surface area contributed by atoms with Crippen molar-refractivity contribution in [3.8, 4) is 0 Å². The summed E-state index contributed by atoms with van der Waals surface area (Å²) in [6, 6.07) is 5.04. The monoisotopic (exact) mass is 302 g/mol. The van der Waals surface area contributed by atoms with Gasteiger partial charge in [0.1, 0.15) is 0 Å². The zero-order valence-electron chi connectivity index (χ0n) is 10.6. The van der Waals surface area contributed by atoms with Gasteiger partial charge in [-0.25, -0.2) is 16.8 Å². The number of sulfonamides is 1. The Hall–Kier alpha value is -0.920. The van der Waals surface area contributed by atoms with E-state index in [1.807, 2.05) is 0 Å². The number of hydrogen-bond donors (Lipinski definition) is 0. The molecular weight excluding hydrogens is 286 g/mol. The van der Waals surface area contributed by atoms with Gasteiger partial charge >= 0.3 is 0 Å². The van der Waals surface area contributed by atoms with Crippen molar-refractivity contribution in [1.82, 2.24) is 4.31 Å². The molecule has 1 saturated heterocycles. The van der Waals surface area contributed by atoms with E-state index in [1.165, 1.54) is 28.6 Å². The Morgan fingerprint density at radius 2 is 1.63 bits per heavy atom. The second-order valence-electron chi connectivity index (χ2n) is 4.66. The summed E-state index contributed by atoms with van der Waals surface area (Å²) in [5.41, 5.74) is 0. The van der Waals surface area contributed by atoms with Gasteiger partial charge in [-0.2, -0.15) is 4.31 Å². The van der Waals surface area contributed by atoms with Crippen LogP contribution in [-0.4, -0.2) is 40.0 Å². The summed E-state index contributed by atoms with van der Waals surface area (Å²) in [7, 11) is -6.89. The molecule has 0 bridgehead atoms. The van der Waals surface area contributed by atoms with Gasteiger partial charge in [0.2, 0.25) is 10.0 Å². The average molecular weight is 302 g/mol. The Balaban J connectivity index is 2.37. The third-order valence-corrected chi connectivity index (χ3v) is 6.28. The molecule has 7 heteroatoms. The van der Waals surface area contributed by atoms with Crippen molar-refractivity contribution in [2.75, 3.05) is 12.8 Å². The SMILES string of the molecule is [CH2][C@@H]1CCCN1S(=O)(=O)c1ccc(S(C)(=O)=O)cc1. The lowest BCUT2D eigenvalue weighted by atomic mass is 10.3. The Labute approximate surface area is 114 Å². The molecule has 0 unspecified atom stereocenters. The van der Waals surface area contributed by atoms with E-state index in [9.17, 15) is 16.8 Å². The van der Waals surface area contributed by atoms with Crippen molar-refractivity contribution in [3.05, 3.63) is 31.2 Å². The molecule has 1 aliphatic heterocycles. The molecule has 5 nitrogen and oxygen atoms in total. The van der Waals surface area contributed by atoms with Crippen LogP contribution in [0.25, 0.3) is 0 Å². The zero-order valence-corrected chi connectivity index (χ0v) is 12.2. The quantitative estimate of drug-likeness (QED) is 0.837. The van der Waals surface area contributed by atoms with E-state index >= 15 is 0 Å². The first kappa shape index (κ1) is 14.5. The standard InChI is InChI=1S/C12H16NO4S2/c1-10-4-3-9-13(10)19(16,17)12-7-5-11(6-8-12)18(2,14)15/h5-8,10H,1,3-4,9H2,2H3/t10-/m1/s1. The van der Waals surface area contributed by atoms with Gasteiger partial charge in [-0.3, -0.25) is 0 Å². The lowest BCUT2D eigenvalue weighted by Gasteiger charge is -2.20. The van der Waals surface area contributed by atoms with Crippen molar-refractivity contribution in [2.24, 2.45) is 0 Å². The number of nitrogens with zero attached hydrogens (tertiary/aromatic N) is 1. The first-order valence-electron chi connectivity index (χ1n) is 5.88. The van der Waals surface area contributed by atoms with E-state index in [2.05, 4.69) is 6.92 Å². The van der Waals surface area contributed by atoms with Crippen molar-refractivity contribution >= 4 is 19.9 Å². The fraction of sp³-hybridized carbons (Fsp3) is 0.417. The van der Waals surface area contributed by atoms with Crippen LogP contribution in [0.15, 0.2) is 34.1 Å². The second-order valence-corrected chi connectivity index (χ2v) is 8.56. The van der Waals surface area contributed by atoms with Crippen molar-refractivity contribution in [3.63, 3.8) is 0 Å². The highest BCUT2D eigenvalue weighted by atomic mass is 32.2. The van der Waals surface area contributed by atoms with E-state index in [0.717, 1.165) is 19.1 Å². The fourth-order valence-electron chi connectivity index (χ4n) is 2.12. The average Bonchev–Trinajstić information content (AvgIpc) is 2.75. The van der Waals surface area contributed by atoms with Crippen LogP contribution in [0.1, 0.15) is 12.8 Å². The Bertz CT molecular complexity index is 662. The molecule has 1 atom stereocenters. The molecule has 2 rings (SSSR count). The Morgan fingerprint density at radius 3 is 2.05 bits per heavy atom. The molecule has 1 radical (unpaired) electrons. The predicted octanol–water partition coefficient (Wildman–Crippen LogP) is 1.08. The van der Waals surface area contributed by atoms with Gasteiger partial charge in [0, 0.05) is 18.8 Å². The molecule has 0 amide bonds. The van der Waals surface area contributed by atoms with Crippen LogP contribution in [0, 0.1) is 6.92 Å². The summed E-state index contributed by atoms with van der Waals surface area (Å²) >= 11 is 0. The third kappa shape index (κ3) is 2.82. The van der Waals surface area contributed by atoms with Crippen LogP contribution >= 0.6 is 0 Å². The van der Waals surface area contributed by atoms with Gasteiger partial charge in [-0.05, 0) is 44.0 Å².